The molecule has 1 heterocycles. The number of methoxy groups -OCH3 is 1. The third-order valence-corrected chi connectivity index (χ3v) is 4.41. The van der Waals surface area contributed by atoms with Crippen LogP contribution in [0, 0.1) is 5.41 Å². The van der Waals surface area contributed by atoms with Crippen molar-refractivity contribution in [1.29, 1.82) is 0 Å². The highest BCUT2D eigenvalue weighted by molar-refractivity contribution is 5.27. The molecule has 1 N–H and O–H groups in total. The van der Waals surface area contributed by atoms with Gasteiger partial charge in [-0.1, -0.05) is 19.1 Å². The lowest BCUT2D eigenvalue weighted by Gasteiger charge is -2.44. The molecule has 118 valence electrons. The summed E-state index contributed by atoms with van der Waals surface area (Å²) in [6.45, 7) is 7.87. The molecule has 1 atom stereocenters. The minimum absolute atomic E-state index is 0.0514. The molecule has 2 rings (SSSR count). The highest BCUT2D eigenvalue weighted by Gasteiger charge is 2.40. The summed E-state index contributed by atoms with van der Waals surface area (Å²) in [6.07, 6.45) is 1.00. The van der Waals surface area contributed by atoms with Crippen LogP contribution in [-0.2, 0) is 11.2 Å². The number of ether oxygens (including phenoxy) is 2. The zero-order valence-electron chi connectivity index (χ0n) is 13.3. The van der Waals surface area contributed by atoms with Gasteiger partial charge in [-0.15, -0.1) is 0 Å². The van der Waals surface area contributed by atoms with Gasteiger partial charge in [0, 0.05) is 12.6 Å². The smallest absolute Gasteiger partial charge is 0.118 e. The Hall–Kier alpha value is -1.10. The average molecular weight is 293 g/mol. The summed E-state index contributed by atoms with van der Waals surface area (Å²) in [7, 11) is 1.69. The van der Waals surface area contributed by atoms with Crippen molar-refractivity contribution in [3.63, 3.8) is 0 Å². The van der Waals surface area contributed by atoms with Crippen LogP contribution >= 0.6 is 0 Å². The van der Waals surface area contributed by atoms with Crippen LogP contribution in [-0.4, -0.2) is 56.1 Å². The SMILES string of the molecule is CCN(CC1(CO)COC1)C(C)Cc1ccc(OC)cc1. The van der Waals surface area contributed by atoms with Gasteiger partial charge in [-0.3, -0.25) is 4.90 Å². The molecule has 4 heteroatoms. The zero-order valence-corrected chi connectivity index (χ0v) is 13.3. The molecule has 0 amide bonds. The first-order chi connectivity index (χ1) is 10.1. The molecular formula is C17H27NO3. The third kappa shape index (κ3) is 3.96. The van der Waals surface area contributed by atoms with Crippen molar-refractivity contribution >= 4 is 0 Å². The summed E-state index contributed by atoms with van der Waals surface area (Å²) < 4.78 is 10.5. The van der Waals surface area contributed by atoms with Crippen LogP contribution in [0.1, 0.15) is 19.4 Å². The van der Waals surface area contributed by atoms with E-state index in [0.717, 1.165) is 25.3 Å². The van der Waals surface area contributed by atoms with Gasteiger partial charge in [-0.05, 0) is 37.6 Å². The lowest BCUT2D eigenvalue weighted by Crippen LogP contribution is -2.55. The summed E-state index contributed by atoms with van der Waals surface area (Å²) in [5.74, 6) is 0.893. The molecule has 0 bridgehead atoms. The van der Waals surface area contributed by atoms with E-state index in [1.807, 2.05) is 12.1 Å². The van der Waals surface area contributed by atoms with Gasteiger partial charge in [0.1, 0.15) is 5.75 Å². The van der Waals surface area contributed by atoms with E-state index in [4.69, 9.17) is 9.47 Å². The summed E-state index contributed by atoms with van der Waals surface area (Å²) in [4.78, 5) is 2.43. The fourth-order valence-electron chi connectivity index (χ4n) is 2.87. The number of hydrogen-bond acceptors (Lipinski definition) is 4. The number of nitrogens with zero attached hydrogens (tertiary/aromatic N) is 1. The van der Waals surface area contributed by atoms with E-state index in [0.29, 0.717) is 19.3 Å². The Morgan fingerprint density at radius 1 is 1.33 bits per heavy atom. The van der Waals surface area contributed by atoms with E-state index in [1.165, 1.54) is 5.56 Å². The Morgan fingerprint density at radius 3 is 2.43 bits per heavy atom. The summed E-state index contributed by atoms with van der Waals surface area (Å²) in [5, 5.41) is 9.59. The molecule has 4 nitrogen and oxygen atoms in total. The van der Waals surface area contributed by atoms with Crippen molar-refractivity contribution in [2.45, 2.75) is 26.3 Å². The Balaban J connectivity index is 1.94. The molecule has 1 aromatic carbocycles. The highest BCUT2D eigenvalue weighted by Crippen LogP contribution is 2.29. The maximum absolute atomic E-state index is 9.59. The Labute approximate surface area is 127 Å². The highest BCUT2D eigenvalue weighted by atomic mass is 16.5. The van der Waals surface area contributed by atoms with Gasteiger partial charge < -0.3 is 14.6 Å². The van der Waals surface area contributed by atoms with Gasteiger partial charge in [-0.2, -0.15) is 0 Å². The number of rotatable bonds is 8. The van der Waals surface area contributed by atoms with Crippen molar-refractivity contribution in [1.82, 2.24) is 4.90 Å². The van der Waals surface area contributed by atoms with Crippen LogP contribution in [0.4, 0.5) is 0 Å². The average Bonchev–Trinajstić information content (AvgIpc) is 2.47. The number of hydrogen-bond donors (Lipinski definition) is 1. The van der Waals surface area contributed by atoms with E-state index in [9.17, 15) is 5.11 Å². The van der Waals surface area contributed by atoms with Crippen LogP contribution in [0.2, 0.25) is 0 Å². The Kier molecular flexibility index (Phi) is 5.62. The first-order valence-corrected chi connectivity index (χ1v) is 7.68. The van der Waals surface area contributed by atoms with Gasteiger partial charge in [0.25, 0.3) is 0 Å². The zero-order chi connectivity index (χ0) is 15.3. The van der Waals surface area contributed by atoms with Crippen molar-refractivity contribution in [3.8, 4) is 5.75 Å². The van der Waals surface area contributed by atoms with E-state index < -0.39 is 0 Å². The lowest BCUT2D eigenvalue weighted by molar-refractivity contribution is -0.150. The minimum Gasteiger partial charge on any atom is -0.497 e. The van der Waals surface area contributed by atoms with E-state index in [1.54, 1.807) is 7.11 Å². The Bertz CT molecular complexity index is 423. The molecule has 0 aliphatic carbocycles. The van der Waals surface area contributed by atoms with Crippen molar-refractivity contribution < 1.29 is 14.6 Å². The molecule has 0 aromatic heterocycles. The van der Waals surface area contributed by atoms with Crippen LogP contribution < -0.4 is 4.74 Å². The first kappa shape index (κ1) is 16.3. The maximum atomic E-state index is 9.59. The maximum Gasteiger partial charge on any atom is 0.118 e. The monoisotopic (exact) mass is 293 g/mol. The van der Waals surface area contributed by atoms with Gasteiger partial charge in [0.2, 0.25) is 0 Å². The quantitative estimate of drug-likeness (QED) is 0.795. The van der Waals surface area contributed by atoms with Crippen molar-refractivity contribution in [2.24, 2.45) is 5.41 Å². The summed E-state index contributed by atoms with van der Waals surface area (Å²) in [5.41, 5.74) is 1.26. The summed E-state index contributed by atoms with van der Waals surface area (Å²) in [6, 6.07) is 8.70. The molecule has 1 aliphatic rings. The predicted molar refractivity (Wildman–Crippen MR) is 83.7 cm³/mol. The second kappa shape index (κ2) is 7.25. The van der Waals surface area contributed by atoms with Gasteiger partial charge in [0.15, 0.2) is 0 Å². The second-order valence-electron chi connectivity index (χ2n) is 6.12. The van der Waals surface area contributed by atoms with Crippen LogP contribution in [0.25, 0.3) is 0 Å². The van der Waals surface area contributed by atoms with Gasteiger partial charge in [-0.25, -0.2) is 0 Å². The molecule has 1 unspecified atom stereocenters. The number of aliphatic hydroxyl groups is 1. The number of benzene rings is 1. The molecule has 1 aromatic rings. The van der Waals surface area contributed by atoms with E-state index in [2.05, 4.69) is 30.9 Å². The van der Waals surface area contributed by atoms with Gasteiger partial charge >= 0.3 is 0 Å². The molecule has 0 saturated carbocycles. The molecule has 0 radical (unpaired) electrons. The molecule has 1 aliphatic heterocycles. The first-order valence-electron chi connectivity index (χ1n) is 7.68. The van der Waals surface area contributed by atoms with E-state index >= 15 is 0 Å². The number of aliphatic hydroxyl groups excluding tert-OH is 1. The van der Waals surface area contributed by atoms with Crippen LogP contribution in [0.3, 0.4) is 0 Å². The largest absolute Gasteiger partial charge is 0.497 e. The third-order valence-electron chi connectivity index (χ3n) is 4.41. The molecular weight excluding hydrogens is 266 g/mol. The molecule has 1 saturated heterocycles. The predicted octanol–water partition coefficient (Wildman–Crippen LogP) is 1.96. The van der Waals surface area contributed by atoms with Crippen molar-refractivity contribution in [2.75, 3.05) is 40.0 Å². The molecule has 1 fully saturated rings. The lowest BCUT2D eigenvalue weighted by atomic mass is 9.85. The van der Waals surface area contributed by atoms with E-state index in [-0.39, 0.29) is 12.0 Å². The fourth-order valence-corrected chi connectivity index (χ4v) is 2.87. The minimum atomic E-state index is -0.0514. The fraction of sp³-hybridized carbons (Fsp3) is 0.647. The molecule has 0 spiro atoms. The van der Waals surface area contributed by atoms with Gasteiger partial charge in [0.05, 0.1) is 32.3 Å². The number of likely N-dealkylation sites (N-methyl/N-ethyl adjacent to an activating group) is 1. The second-order valence-corrected chi connectivity index (χ2v) is 6.12. The normalized spacial score (nSPS) is 18.3. The van der Waals surface area contributed by atoms with Crippen molar-refractivity contribution in [3.05, 3.63) is 29.8 Å². The molecule has 21 heavy (non-hydrogen) atoms. The standard InChI is InChI=1S/C17H27NO3/c1-4-18(10-17(11-19)12-21-13-17)14(2)9-15-5-7-16(20-3)8-6-15/h5-8,14,19H,4,9-13H2,1-3H3. The van der Waals surface area contributed by atoms with Crippen LogP contribution in [0.5, 0.6) is 5.75 Å². The Morgan fingerprint density at radius 2 is 2.00 bits per heavy atom. The summed E-state index contributed by atoms with van der Waals surface area (Å²) >= 11 is 0. The topological polar surface area (TPSA) is 41.9 Å². The van der Waals surface area contributed by atoms with Crippen LogP contribution in [0.15, 0.2) is 24.3 Å².